The minimum absolute atomic E-state index is 0.232. The van der Waals surface area contributed by atoms with E-state index in [4.69, 9.17) is 0 Å². The molecule has 1 aromatic rings. The molecule has 0 heterocycles. The number of rotatable bonds is 4. The molecule has 0 saturated heterocycles. The predicted molar refractivity (Wildman–Crippen MR) is 66.2 cm³/mol. The Morgan fingerprint density at radius 3 is 1.94 bits per heavy atom. The zero-order valence-electron chi connectivity index (χ0n) is 10.2. The second-order valence-electron chi connectivity index (χ2n) is 4.17. The van der Waals surface area contributed by atoms with Crippen molar-refractivity contribution < 1.29 is 8.42 Å². The van der Waals surface area contributed by atoms with Gasteiger partial charge in [0, 0.05) is 6.04 Å². The van der Waals surface area contributed by atoms with E-state index < -0.39 is 9.84 Å². The molecule has 3 nitrogen and oxygen atoms in total. The normalized spacial score (nSPS) is 14.1. The van der Waals surface area contributed by atoms with Gasteiger partial charge in [0.05, 0.1) is 10.1 Å². The fourth-order valence-electron chi connectivity index (χ4n) is 1.39. The standard InChI is InChI=1S/C12H19NO2S/c1-9(2)16(14,15)12-7-5-11(6-8-12)10(3)13-4/h5-10,13H,1-4H3. The SMILES string of the molecule is CNC(C)c1ccc(S(=O)(=O)C(C)C)cc1. The van der Waals surface area contributed by atoms with Gasteiger partial charge in [0.1, 0.15) is 0 Å². The van der Waals surface area contributed by atoms with Crippen LogP contribution in [0.25, 0.3) is 0 Å². The van der Waals surface area contributed by atoms with Crippen molar-refractivity contribution in [3.05, 3.63) is 29.8 Å². The number of hydrogen-bond donors (Lipinski definition) is 1. The molecule has 0 fully saturated rings. The zero-order valence-corrected chi connectivity index (χ0v) is 11.0. The van der Waals surface area contributed by atoms with Gasteiger partial charge in [0.2, 0.25) is 0 Å². The smallest absolute Gasteiger partial charge is 0.180 e. The Bertz CT molecular complexity index is 435. The maximum atomic E-state index is 11.9. The van der Waals surface area contributed by atoms with Crippen molar-refractivity contribution in [3.8, 4) is 0 Å². The van der Waals surface area contributed by atoms with Crippen molar-refractivity contribution in [3.63, 3.8) is 0 Å². The average Bonchev–Trinajstić information content (AvgIpc) is 2.28. The highest BCUT2D eigenvalue weighted by atomic mass is 32.2. The maximum absolute atomic E-state index is 11.9. The summed E-state index contributed by atoms with van der Waals surface area (Å²) >= 11 is 0. The quantitative estimate of drug-likeness (QED) is 0.878. The second kappa shape index (κ2) is 4.97. The molecule has 0 aromatic heterocycles. The van der Waals surface area contributed by atoms with E-state index in [2.05, 4.69) is 5.32 Å². The molecule has 0 bridgehead atoms. The van der Waals surface area contributed by atoms with Crippen molar-refractivity contribution in [1.82, 2.24) is 5.32 Å². The molecule has 1 aromatic carbocycles. The lowest BCUT2D eigenvalue weighted by atomic mass is 10.1. The third kappa shape index (κ3) is 2.62. The molecule has 0 spiro atoms. The lowest BCUT2D eigenvalue weighted by Gasteiger charge is -2.12. The van der Waals surface area contributed by atoms with Gasteiger partial charge in [-0.1, -0.05) is 12.1 Å². The Morgan fingerprint density at radius 1 is 1.06 bits per heavy atom. The number of nitrogens with one attached hydrogen (secondary N) is 1. The summed E-state index contributed by atoms with van der Waals surface area (Å²) < 4.78 is 23.7. The lowest BCUT2D eigenvalue weighted by molar-refractivity contribution is 0.587. The average molecular weight is 241 g/mol. The molecule has 0 aliphatic rings. The Kier molecular flexibility index (Phi) is 4.10. The van der Waals surface area contributed by atoms with Crippen molar-refractivity contribution in [1.29, 1.82) is 0 Å². The first-order valence-electron chi connectivity index (χ1n) is 5.40. The number of hydrogen-bond acceptors (Lipinski definition) is 3. The van der Waals surface area contributed by atoms with E-state index in [0.717, 1.165) is 5.56 Å². The largest absolute Gasteiger partial charge is 0.313 e. The van der Waals surface area contributed by atoms with E-state index in [1.54, 1.807) is 26.0 Å². The van der Waals surface area contributed by atoms with Gasteiger partial charge in [-0.25, -0.2) is 8.42 Å². The summed E-state index contributed by atoms with van der Waals surface area (Å²) in [6.45, 7) is 5.42. The molecule has 0 radical (unpaired) electrons. The van der Waals surface area contributed by atoms with Crippen molar-refractivity contribution in [2.45, 2.75) is 37.0 Å². The second-order valence-corrected chi connectivity index (χ2v) is 6.68. The van der Waals surface area contributed by atoms with Crippen LogP contribution in [0.1, 0.15) is 32.4 Å². The van der Waals surface area contributed by atoms with Crippen LogP contribution in [0, 0.1) is 0 Å². The molecule has 1 N–H and O–H groups in total. The first-order valence-corrected chi connectivity index (χ1v) is 6.95. The van der Waals surface area contributed by atoms with Gasteiger partial charge in [0.15, 0.2) is 9.84 Å². The molecule has 1 atom stereocenters. The van der Waals surface area contributed by atoms with Crippen molar-refractivity contribution in [2.24, 2.45) is 0 Å². The third-order valence-corrected chi connectivity index (χ3v) is 4.93. The molecular weight excluding hydrogens is 222 g/mol. The van der Waals surface area contributed by atoms with Crippen molar-refractivity contribution in [2.75, 3.05) is 7.05 Å². The van der Waals surface area contributed by atoms with E-state index in [-0.39, 0.29) is 11.3 Å². The molecule has 1 unspecified atom stereocenters. The predicted octanol–water partition coefficient (Wildman–Crippen LogP) is 2.15. The molecule has 16 heavy (non-hydrogen) atoms. The van der Waals surface area contributed by atoms with E-state index in [9.17, 15) is 8.42 Å². The van der Waals surface area contributed by atoms with E-state index in [0.29, 0.717) is 4.90 Å². The van der Waals surface area contributed by atoms with Gasteiger partial charge >= 0.3 is 0 Å². The highest BCUT2D eigenvalue weighted by Crippen LogP contribution is 2.19. The van der Waals surface area contributed by atoms with Crippen LogP contribution in [0.5, 0.6) is 0 Å². The molecule has 4 heteroatoms. The van der Waals surface area contributed by atoms with E-state index in [1.165, 1.54) is 0 Å². The Labute approximate surface area is 97.8 Å². The van der Waals surface area contributed by atoms with E-state index >= 15 is 0 Å². The Morgan fingerprint density at radius 2 is 1.56 bits per heavy atom. The van der Waals surface area contributed by atoms with Crippen LogP contribution < -0.4 is 5.32 Å². The summed E-state index contributed by atoms with van der Waals surface area (Å²) in [7, 11) is -1.27. The lowest BCUT2D eigenvalue weighted by Crippen LogP contribution is -2.15. The molecule has 0 saturated carbocycles. The van der Waals surface area contributed by atoms with Crippen LogP contribution in [0.3, 0.4) is 0 Å². The molecule has 1 rings (SSSR count). The molecule has 0 aliphatic heterocycles. The van der Waals surface area contributed by atoms with Gasteiger partial charge in [-0.15, -0.1) is 0 Å². The first kappa shape index (κ1) is 13.2. The molecule has 90 valence electrons. The minimum Gasteiger partial charge on any atom is -0.313 e. The Hall–Kier alpha value is -0.870. The molecule has 0 aliphatic carbocycles. The highest BCUT2D eigenvalue weighted by Gasteiger charge is 2.18. The summed E-state index contributed by atoms with van der Waals surface area (Å²) in [5.74, 6) is 0. The maximum Gasteiger partial charge on any atom is 0.180 e. The minimum atomic E-state index is -3.15. The summed E-state index contributed by atoms with van der Waals surface area (Å²) in [6, 6.07) is 7.31. The number of benzene rings is 1. The summed E-state index contributed by atoms with van der Waals surface area (Å²) in [4.78, 5) is 0.398. The Balaban J connectivity index is 3.05. The van der Waals surface area contributed by atoms with Gasteiger partial charge < -0.3 is 5.32 Å². The van der Waals surface area contributed by atoms with Crippen LogP contribution in [-0.4, -0.2) is 20.7 Å². The highest BCUT2D eigenvalue weighted by molar-refractivity contribution is 7.92. The summed E-state index contributed by atoms with van der Waals surface area (Å²) in [6.07, 6.45) is 0. The van der Waals surface area contributed by atoms with E-state index in [1.807, 2.05) is 26.1 Å². The van der Waals surface area contributed by atoms with Crippen molar-refractivity contribution >= 4 is 9.84 Å². The van der Waals surface area contributed by atoms with Gasteiger partial charge in [0.25, 0.3) is 0 Å². The van der Waals surface area contributed by atoms with Gasteiger partial charge in [-0.2, -0.15) is 0 Å². The zero-order chi connectivity index (χ0) is 12.3. The fraction of sp³-hybridized carbons (Fsp3) is 0.500. The third-order valence-electron chi connectivity index (χ3n) is 2.76. The van der Waals surface area contributed by atoms with Crippen LogP contribution in [0.4, 0.5) is 0 Å². The first-order chi connectivity index (χ1) is 7.39. The molecular formula is C12H19NO2S. The van der Waals surface area contributed by atoms with Gasteiger partial charge in [-0.3, -0.25) is 0 Å². The number of sulfone groups is 1. The van der Waals surface area contributed by atoms with Gasteiger partial charge in [-0.05, 0) is 45.5 Å². The fourth-order valence-corrected chi connectivity index (χ4v) is 2.44. The monoisotopic (exact) mass is 241 g/mol. The summed E-state index contributed by atoms with van der Waals surface area (Å²) in [5, 5.41) is 2.74. The topological polar surface area (TPSA) is 46.2 Å². The summed E-state index contributed by atoms with van der Waals surface area (Å²) in [5.41, 5.74) is 1.09. The molecule has 0 amide bonds. The van der Waals surface area contributed by atoms with Crippen LogP contribution in [-0.2, 0) is 9.84 Å². The van der Waals surface area contributed by atoms with Crippen LogP contribution >= 0.6 is 0 Å². The van der Waals surface area contributed by atoms with Crippen LogP contribution in [0.2, 0.25) is 0 Å². The van der Waals surface area contributed by atoms with Crippen LogP contribution in [0.15, 0.2) is 29.2 Å².